The molecule has 0 unspecified atom stereocenters. The zero-order valence-electron chi connectivity index (χ0n) is 8.88. The third-order valence-corrected chi connectivity index (χ3v) is 3.18. The first-order valence-electron chi connectivity index (χ1n) is 4.94. The molecule has 2 aromatic carbocycles. The first-order chi connectivity index (χ1) is 8.50. The van der Waals surface area contributed by atoms with Gasteiger partial charge in [-0.3, -0.25) is 4.79 Å². The molecule has 0 aliphatic carbocycles. The molecule has 0 N–H and O–H groups in total. The highest BCUT2D eigenvalue weighted by atomic mass is 35.5. The molecule has 0 atom stereocenters. The zero-order chi connectivity index (χ0) is 13.3. The zero-order valence-corrected chi connectivity index (χ0v) is 11.2. The number of carbonyl (C=O) groups excluding carboxylic acids is 1. The largest absolute Gasteiger partial charge is 0.275 e. The minimum atomic E-state index is -0.848. The van der Waals surface area contributed by atoms with Gasteiger partial charge >= 0.3 is 0 Å². The predicted molar refractivity (Wildman–Crippen MR) is 72.0 cm³/mol. The Kier molecular flexibility index (Phi) is 3.91. The van der Waals surface area contributed by atoms with E-state index in [0.29, 0.717) is 15.6 Å². The van der Waals surface area contributed by atoms with Crippen LogP contribution in [0.1, 0.15) is 10.4 Å². The van der Waals surface area contributed by atoms with Gasteiger partial charge in [-0.05, 0) is 29.8 Å². The molecule has 0 aliphatic heterocycles. The van der Waals surface area contributed by atoms with Gasteiger partial charge in [0.1, 0.15) is 5.82 Å². The molecular weight excluding hydrogens is 297 g/mol. The highest BCUT2D eigenvalue weighted by molar-refractivity contribution is 6.67. The molecule has 0 aliphatic rings. The average molecular weight is 304 g/mol. The van der Waals surface area contributed by atoms with Gasteiger partial charge < -0.3 is 0 Å². The van der Waals surface area contributed by atoms with Crippen molar-refractivity contribution in [1.82, 2.24) is 0 Å². The summed E-state index contributed by atoms with van der Waals surface area (Å²) in [7, 11) is 0. The summed E-state index contributed by atoms with van der Waals surface area (Å²) in [5.41, 5.74) is 0.488. The summed E-state index contributed by atoms with van der Waals surface area (Å²) in [6.45, 7) is 0. The smallest absolute Gasteiger partial charge is 0.255 e. The Labute approximate surface area is 118 Å². The Hall–Kier alpha value is -1.09. The van der Waals surface area contributed by atoms with Crippen LogP contribution in [0, 0.1) is 5.82 Å². The fraction of sp³-hybridized carbons (Fsp3) is 0. The molecule has 2 aromatic rings. The van der Waals surface area contributed by atoms with Crippen molar-refractivity contribution in [2.45, 2.75) is 0 Å². The molecule has 18 heavy (non-hydrogen) atoms. The molecule has 1 nitrogen and oxygen atoms in total. The normalized spacial score (nSPS) is 10.4. The summed E-state index contributed by atoms with van der Waals surface area (Å²) in [6.07, 6.45) is 0. The summed E-state index contributed by atoms with van der Waals surface area (Å²) < 4.78 is 14.1. The molecule has 5 heteroatoms. The maximum atomic E-state index is 14.1. The highest BCUT2D eigenvalue weighted by Crippen LogP contribution is 2.33. The van der Waals surface area contributed by atoms with Crippen LogP contribution < -0.4 is 0 Å². The molecule has 0 spiro atoms. The van der Waals surface area contributed by atoms with Crippen molar-refractivity contribution in [3.05, 3.63) is 57.8 Å². The van der Waals surface area contributed by atoms with E-state index in [9.17, 15) is 9.18 Å². The first kappa shape index (κ1) is 13.3. The Morgan fingerprint density at radius 3 is 2.39 bits per heavy atom. The molecule has 0 aromatic heterocycles. The molecule has 0 amide bonds. The molecule has 0 saturated heterocycles. The fourth-order valence-corrected chi connectivity index (χ4v) is 2.26. The van der Waals surface area contributed by atoms with Gasteiger partial charge in [0, 0.05) is 21.2 Å². The standard InChI is InChI=1S/C13H6Cl3FO/c14-7-4-5-8(11(15)6-7)9-2-1-3-10(12(9)17)13(16)18/h1-6H. The SMILES string of the molecule is O=C(Cl)c1cccc(-c2ccc(Cl)cc2Cl)c1F. The summed E-state index contributed by atoms with van der Waals surface area (Å²) in [5, 5.41) is -0.0891. The van der Waals surface area contributed by atoms with Gasteiger partial charge in [0.15, 0.2) is 0 Å². The van der Waals surface area contributed by atoms with Gasteiger partial charge in [0.2, 0.25) is 0 Å². The topological polar surface area (TPSA) is 17.1 Å². The summed E-state index contributed by atoms with van der Waals surface area (Å²) in [4.78, 5) is 11.1. The second-order valence-corrected chi connectivity index (χ2v) is 4.75. The average Bonchev–Trinajstić information content (AvgIpc) is 2.30. The lowest BCUT2D eigenvalue weighted by atomic mass is 10.0. The molecular formula is C13H6Cl3FO. The van der Waals surface area contributed by atoms with Crippen LogP contribution in [0.25, 0.3) is 11.1 Å². The summed E-state index contributed by atoms with van der Waals surface area (Å²) in [5.74, 6) is -0.693. The van der Waals surface area contributed by atoms with Gasteiger partial charge in [0.25, 0.3) is 5.24 Å². The first-order valence-corrected chi connectivity index (χ1v) is 6.08. The van der Waals surface area contributed by atoms with E-state index in [4.69, 9.17) is 34.8 Å². The van der Waals surface area contributed by atoms with Crippen molar-refractivity contribution in [3.63, 3.8) is 0 Å². The van der Waals surface area contributed by atoms with Crippen LogP contribution in [0.3, 0.4) is 0 Å². The van der Waals surface area contributed by atoms with E-state index in [-0.39, 0.29) is 11.1 Å². The molecule has 92 valence electrons. The minimum absolute atomic E-state index is 0.180. The predicted octanol–water partition coefficient (Wildman–Crippen LogP) is 5.18. The van der Waals surface area contributed by atoms with E-state index in [2.05, 4.69) is 0 Å². The van der Waals surface area contributed by atoms with E-state index < -0.39 is 11.1 Å². The number of rotatable bonds is 2. The van der Waals surface area contributed by atoms with Crippen molar-refractivity contribution < 1.29 is 9.18 Å². The van der Waals surface area contributed by atoms with Crippen LogP contribution in [0.5, 0.6) is 0 Å². The number of carbonyl (C=O) groups is 1. The van der Waals surface area contributed by atoms with Crippen LogP contribution in [-0.4, -0.2) is 5.24 Å². The number of hydrogen-bond donors (Lipinski definition) is 0. The van der Waals surface area contributed by atoms with Gasteiger partial charge in [0.05, 0.1) is 5.56 Å². The minimum Gasteiger partial charge on any atom is -0.275 e. The van der Waals surface area contributed by atoms with Gasteiger partial charge in [-0.1, -0.05) is 41.4 Å². The molecule has 0 heterocycles. The fourth-order valence-electron chi connectivity index (χ4n) is 1.60. The van der Waals surface area contributed by atoms with Gasteiger partial charge in [-0.25, -0.2) is 4.39 Å². The third-order valence-electron chi connectivity index (χ3n) is 2.43. The van der Waals surface area contributed by atoms with Crippen molar-refractivity contribution >= 4 is 40.0 Å². The van der Waals surface area contributed by atoms with Crippen molar-refractivity contribution in [1.29, 1.82) is 0 Å². The Balaban J connectivity index is 2.64. The second kappa shape index (κ2) is 5.27. The van der Waals surface area contributed by atoms with E-state index in [0.717, 1.165) is 0 Å². The third kappa shape index (κ3) is 2.51. The monoisotopic (exact) mass is 302 g/mol. The number of halogens is 4. The molecule has 0 radical (unpaired) electrons. The van der Waals surface area contributed by atoms with E-state index >= 15 is 0 Å². The van der Waals surface area contributed by atoms with Gasteiger partial charge in [-0.2, -0.15) is 0 Å². The number of hydrogen-bond acceptors (Lipinski definition) is 1. The Bertz CT molecular complexity index is 626. The Morgan fingerprint density at radius 1 is 1.06 bits per heavy atom. The second-order valence-electron chi connectivity index (χ2n) is 3.56. The van der Waals surface area contributed by atoms with Crippen molar-refractivity contribution in [2.75, 3.05) is 0 Å². The highest BCUT2D eigenvalue weighted by Gasteiger charge is 2.15. The molecule has 0 saturated carbocycles. The maximum absolute atomic E-state index is 14.1. The summed E-state index contributed by atoms with van der Waals surface area (Å²) >= 11 is 17.1. The maximum Gasteiger partial charge on any atom is 0.255 e. The van der Waals surface area contributed by atoms with Gasteiger partial charge in [-0.15, -0.1) is 0 Å². The van der Waals surface area contributed by atoms with E-state index in [1.807, 2.05) is 0 Å². The molecule has 2 rings (SSSR count). The van der Waals surface area contributed by atoms with E-state index in [1.54, 1.807) is 18.2 Å². The van der Waals surface area contributed by atoms with Crippen LogP contribution in [-0.2, 0) is 0 Å². The number of benzene rings is 2. The lowest BCUT2D eigenvalue weighted by Gasteiger charge is -2.08. The molecule has 0 fully saturated rings. The Morgan fingerprint density at radius 2 is 1.78 bits per heavy atom. The van der Waals surface area contributed by atoms with Crippen LogP contribution >= 0.6 is 34.8 Å². The van der Waals surface area contributed by atoms with Crippen LogP contribution in [0.2, 0.25) is 10.0 Å². The molecule has 0 bridgehead atoms. The summed E-state index contributed by atoms with van der Waals surface area (Å²) in [6, 6.07) is 9.07. The lowest BCUT2D eigenvalue weighted by molar-refractivity contribution is 0.107. The van der Waals surface area contributed by atoms with Crippen LogP contribution in [0.4, 0.5) is 4.39 Å². The van der Waals surface area contributed by atoms with E-state index in [1.165, 1.54) is 18.2 Å². The van der Waals surface area contributed by atoms with Crippen molar-refractivity contribution in [3.8, 4) is 11.1 Å². The lowest BCUT2D eigenvalue weighted by Crippen LogP contribution is -1.97. The van der Waals surface area contributed by atoms with Crippen molar-refractivity contribution in [2.24, 2.45) is 0 Å². The van der Waals surface area contributed by atoms with Crippen LogP contribution in [0.15, 0.2) is 36.4 Å². The quantitative estimate of drug-likeness (QED) is 0.699.